The highest BCUT2D eigenvalue weighted by Crippen LogP contribution is 2.41. The van der Waals surface area contributed by atoms with Crippen LogP contribution in [0.2, 0.25) is 0 Å². The molecule has 0 aliphatic heterocycles. The van der Waals surface area contributed by atoms with Crippen molar-refractivity contribution >= 4 is 38.2 Å². The first kappa shape index (κ1) is 10.2. The van der Waals surface area contributed by atoms with Gasteiger partial charge in [-0.1, -0.05) is 0 Å². The van der Waals surface area contributed by atoms with Gasteiger partial charge in [0.05, 0.1) is 10.2 Å². The Balaban J connectivity index is 1.80. The standard InChI is InChI=1S/C11H10BrN3S/c12-8-2-1-5-13-10(8)15-11-14-9(6-16-11)7-3-4-7/h1-2,5-7H,3-4H2,(H,13,14,15). The molecule has 0 spiro atoms. The molecule has 0 aromatic carbocycles. The number of anilines is 2. The summed E-state index contributed by atoms with van der Waals surface area (Å²) in [4.78, 5) is 8.81. The number of thiazole rings is 1. The molecule has 0 saturated heterocycles. The molecule has 0 amide bonds. The zero-order valence-corrected chi connectivity index (χ0v) is 10.9. The zero-order chi connectivity index (χ0) is 11.0. The van der Waals surface area contributed by atoms with E-state index in [4.69, 9.17) is 0 Å². The van der Waals surface area contributed by atoms with Crippen LogP contribution in [0.15, 0.2) is 28.2 Å². The molecule has 1 saturated carbocycles. The lowest BCUT2D eigenvalue weighted by Gasteiger charge is -2.02. The van der Waals surface area contributed by atoms with Crippen LogP contribution in [-0.2, 0) is 0 Å². The van der Waals surface area contributed by atoms with Gasteiger partial charge in [0.1, 0.15) is 5.82 Å². The maximum Gasteiger partial charge on any atom is 0.188 e. The lowest BCUT2D eigenvalue weighted by Crippen LogP contribution is -1.93. The van der Waals surface area contributed by atoms with Gasteiger partial charge in [-0.15, -0.1) is 11.3 Å². The Morgan fingerprint density at radius 1 is 1.44 bits per heavy atom. The molecule has 16 heavy (non-hydrogen) atoms. The average Bonchev–Trinajstić information content (AvgIpc) is 3.03. The van der Waals surface area contributed by atoms with Gasteiger partial charge >= 0.3 is 0 Å². The third-order valence-corrected chi connectivity index (χ3v) is 3.92. The molecule has 82 valence electrons. The van der Waals surface area contributed by atoms with Crippen LogP contribution in [0.3, 0.4) is 0 Å². The average molecular weight is 296 g/mol. The van der Waals surface area contributed by atoms with Crippen molar-refractivity contribution in [2.45, 2.75) is 18.8 Å². The lowest BCUT2D eigenvalue weighted by molar-refractivity contribution is 1.05. The maximum atomic E-state index is 4.56. The summed E-state index contributed by atoms with van der Waals surface area (Å²) in [5, 5.41) is 6.28. The smallest absolute Gasteiger partial charge is 0.188 e. The third-order valence-electron chi connectivity index (χ3n) is 2.50. The first-order chi connectivity index (χ1) is 7.83. The summed E-state index contributed by atoms with van der Waals surface area (Å²) in [6.45, 7) is 0. The van der Waals surface area contributed by atoms with Crippen molar-refractivity contribution < 1.29 is 0 Å². The Kier molecular flexibility index (Phi) is 2.65. The SMILES string of the molecule is Brc1cccnc1Nc1nc(C2CC2)cs1. The molecule has 5 heteroatoms. The quantitative estimate of drug-likeness (QED) is 0.932. The lowest BCUT2D eigenvalue weighted by atomic mass is 10.3. The largest absolute Gasteiger partial charge is 0.315 e. The van der Waals surface area contributed by atoms with Crippen LogP contribution in [0.25, 0.3) is 0 Å². The van der Waals surface area contributed by atoms with Gasteiger partial charge in [0.15, 0.2) is 5.13 Å². The van der Waals surface area contributed by atoms with E-state index in [1.165, 1.54) is 18.5 Å². The van der Waals surface area contributed by atoms with Crippen LogP contribution >= 0.6 is 27.3 Å². The first-order valence-corrected chi connectivity index (χ1v) is 6.83. The van der Waals surface area contributed by atoms with Crippen molar-refractivity contribution in [1.29, 1.82) is 0 Å². The maximum absolute atomic E-state index is 4.56. The van der Waals surface area contributed by atoms with Gasteiger partial charge in [0, 0.05) is 17.5 Å². The van der Waals surface area contributed by atoms with Crippen LogP contribution in [-0.4, -0.2) is 9.97 Å². The summed E-state index contributed by atoms with van der Waals surface area (Å²) < 4.78 is 0.957. The van der Waals surface area contributed by atoms with Crippen LogP contribution < -0.4 is 5.32 Å². The highest BCUT2D eigenvalue weighted by Gasteiger charge is 2.26. The van der Waals surface area contributed by atoms with Crippen molar-refractivity contribution in [3.8, 4) is 0 Å². The molecule has 2 aromatic heterocycles. The zero-order valence-electron chi connectivity index (χ0n) is 8.48. The first-order valence-electron chi connectivity index (χ1n) is 5.16. The second-order valence-electron chi connectivity index (χ2n) is 3.81. The van der Waals surface area contributed by atoms with Crippen molar-refractivity contribution in [3.05, 3.63) is 33.9 Å². The Labute approximate surface area is 106 Å². The van der Waals surface area contributed by atoms with Crippen LogP contribution in [0.5, 0.6) is 0 Å². The molecule has 1 aliphatic carbocycles. The van der Waals surface area contributed by atoms with Crippen LogP contribution in [0.1, 0.15) is 24.5 Å². The van der Waals surface area contributed by atoms with Crippen molar-refractivity contribution in [2.24, 2.45) is 0 Å². The number of nitrogens with zero attached hydrogens (tertiary/aromatic N) is 2. The van der Waals surface area contributed by atoms with Crippen molar-refractivity contribution in [2.75, 3.05) is 5.32 Å². The molecule has 1 fully saturated rings. The van der Waals surface area contributed by atoms with Crippen LogP contribution in [0.4, 0.5) is 10.9 Å². The Bertz CT molecular complexity index is 507. The van der Waals surface area contributed by atoms with E-state index in [0.717, 1.165) is 15.4 Å². The van der Waals surface area contributed by atoms with Gasteiger partial charge in [-0.25, -0.2) is 9.97 Å². The Morgan fingerprint density at radius 2 is 2.31 bits per heavy atom. The highest BCUT2D eigenvalue weighted by atomic mass is 79.9. The number of hydrogen-bond acceptors (Lipinski definition) is 4. The fraction of sp³-hybridized carbons (Fsp3) is 0.273. The summed E-state index contributed by atoms with van der Waals surface area (Å²) in [5.74, 6) is 1.53. The van der Waals surface area contributed by atoms with E-state index >= 15 is 0 Å². The van der Waals surface area contributed by atoms with Crippen LogP contribution in [0, 0.1) is 0 Å². The molecule has 1 N–H and O–H groups in total. The molecule has 0 unspecified atom stereocenters. The van der Waals surface area contributed by atoms with E-state index in [9.17, 15) is 0 Å². The highest BCUT2D eigenvalue weighted by molar-refractivity contribution is 9.10. The Morgan fingerprint density at radius 3 is 3.06 bits per heavy atom. The van der Waals surface area contributed by atoms with E-state index in [1.54, 1.807) is 17.5 Å². The van der Waals surface area contributed by atoms with Gasteiger partial charge in [-0.3, -0.25) is 0 Å². The number of hydrogen-bond donors (Lipinski definition) is 1. The van der Waals surface area contributed by atoms with Gasteiger partial charge in [-0.05, 0) is 40.9 Å². The number of nitrogens with one attached hydrogen (secondary N) is 1. The number of pyridine rings is 1. The summed E-state index contributed by atoms with van der Waals surface area (Å²) in [7, 11) is 0. The van der Waals surface area contributed by atoms with Gasteiger partial charge < -0.3 is 5.32 Å². The molecule has 3 rings (SSSR count). The van der Waals surface area contributed by atoms with Gasteiger partial charge in [0.25, 0.3) is 0 Å². The molecule has 0 radical (unpaired) electrons. The van der Waals surface area contributed by atoms with Gasteiger partial charge in [-0.2, -0.15) is 0 Å². The van der Waals surface area contributed by atoms with E-state index in [2.05, 4.69) is 36.6 Å². The number of rotatable bonds is 3. The monoisotopic (exact) mass is 295 g/mol. The molecule has 1 aliphatic rings. The third kappa shape index (κ3) is 2.10. The molecule has 0 atom stereocenters. The van der Waals surface area contributed by atoms with Gasteiger partial charge in [0.2, 0.25) is 0 Å². The number of halogens is 1. The topological polar surface area (TPSA) is 37.8 Å². The second-order valence-corrected chi connectivity index (χ2v) is 5.52. The minimum Gasteiger partial charge on any atom is -0.315 e. The van der Waals surface area contributed by atoms with Crippen molar-refractivity contribution in [1.82, 2.24) is 9.97 Å². The Hall–Kier alpha value is -0.940. The molecule has 2 aromatic rings. The summed E-state index contributed by atoms with van der Waals surface area (Å²) >= 11 is 5.09. The second kappa shape index (κ2) is 4.14. The summed E-state index contributed by atoms with van der Waals surface area (Å²) in [6, 6.07) is 3.86. The van der Waals surface area contributed by atoms with Crippen molar-refractivity contribution in [3.63, 3.8) is 0 Å². The summed E-state index contributed by atoms with van der Waals surface area (Å²) in [6.07, 6.45) is 4.34. The summed E-state index contributed by atoms with van der Waals surface area (Å²) in [5.41, 5.74) is 1.22. The fourth-order valence-electron chi connectivity index (χ4n) is 1.49. The van der Waals surface area contributed by atoms with E-state index in [-0.39, 0.29) is 0 Å². The minimum absolute atomic E-state index is 0.707. The predicted octanol–water partition coefficient (Wildman–Crippen LogP) is 3.92. The van der Waals surface area contributed by atoms with E-state index in [0.29, 0.717) is 5.92 Å². The molecule has 0 bridgehead atoms. The molecule has 3 nitrogen and oxygen atoms in total. The molecular weight excluding hydrogens is 286 g/mol. The van der Waals surface area contributed by atoms with E-state index < -0.39 is 0 Å². The molecular formula is C11H10BrN3S. The minimum atomic E-state index is 0.707. The normalized spacial score (nSPS) is 15.1. The molecule has 2 heterocycles. The van der Waals surface area contributed by atoms with E-state index in [1.807, 2.05) is 12.1 Å². The fourth-order valence-corrected chi connectivity index (χ4v) is 2.63. The number of aromatic nitrogens is 2. The predicted molar refractivity (Wildman–Crippen MR) is 69.3 cm³/mol.